The Morgan fingerprint density at radius 2 is 1.90 bits per heavy atom. The Morgan fingerprint density at radius 3 is 2.30 bits per heavy atom. The van der Waals surface area contributed by atoms with E-state index in [1.165, 1.54) is 5.75 Å². The van der Waals surface area contributed by atoms with Crippen LogP contribution in [-0.4, -0.2) is 19.6 Å². The minimum Gasteiger partial charge on any atom is -0.149 e. The predicted molar refractivity (Wildman–Crippen MR) is 54.1 cm³/mol. The average molecular weight is 172 g/mol. The first-order valence-electron chi connectivity index (χ1n) is 3.64. The highest BCUT2D eigenvalue weighted by molar-refractivity contribution is 7.99. The van der Waals surface area contributed by atoms with Crippen molar-refractivity contribution in [2.75, 3.05) is 11.5 Å². The van der Waals surface area contributed by atoms with Crippen molar-refractivity contribution >= 4 is 19.8 Å². The van der Waals surface area contributed by atoms with Gasteiger partial charge in [0.25, 0.3) is 0 Å². The highest BCUT2D eigenvalue weighted by Crippen LogP contribution is 1.99. The van der Waals surface area contributed by atoms with Gasteiger partial charge in [-0.2, -0.15) is 0 Å². The van der Waals surface area contributed by atoms with Crippen molar-refractivity contribution < 1.29 is 0 Å². The molecule has 0 atom stereocenters. The third-order valence-electron chi connectivity index (χ3n) is 0.842. The summed E-state index contributed by atoms with van der Waals surface area (Å²) in [7, 11) is -1.08. The molecule has 0 saturated carbocycles. The summed E-state index contributed by atoms with van der Waals surface area (Å²) in [4.78, 5) is 0. The number of hydrogen-bond donors (Lipinski definition) is 0. The van der Waals surface area contributed by atoms with Crippen molar-refractivity contribution in [1.29, 1.82) is 0 Å². The van der Waals surface area contributed by atoms with Crippen molar-refractivity contribution in [3.05, 3.63) is 0 Å². The maximum atomic E-state index is 3.32. The van der Waals surface area contributed by atoms with Crippen LogP contribution in [0.4, 0.5) is 0 Å². The van der Waals surface area contributed by atoms with E-state index in [4.69, 9.17) is 0 Å². The Kier molecular flexibility index (Phi) is 4.93. The largest absolute Gasteiger partial charge is 0.149 e. The summed E-state index contributed by atoms with van der Waals surface area (Å²) in [6.45, 7) is 8.99. The highest BCUT2D eigenvalue weighted by Gasteiger charge is 2.06. The van der Waals surface area contributed by atoms with E-state index >= 15 is 0 Å². The fourth-order valence-corrected chi connectivity index (χ4v) is 1.58. The molecule has 0 saturated heterocycles. The average Bonchev–Trinajstić information content (AvgIpc) is 1.78. The van der Waals surface area contributed by atoms with Crippen LogP contribution in [0.25, 0.3) is 0 Å². The number of rotatable bonds is 2. The lowest BCUT2D eigenvalue weighted by Gasteiger charge is -2.02. The van der Waals surface area contributed by atoms with Gasteiger partial charge in [0.2, 0.25) is 0 Å². The van der Waals surface area contributed by atoms with Crippen LogP contribution in [0.1, 0.15) is 6.92 Å². The molecule has 10 heavy (non-hydrogen) atoms. The third-order valence-corrected chi connectivity index (χ3v) is 2.53. The van der Waals surface area contributed by atoms with Crippen LogP contribution >= 0.6 is 11.8 Å². The third kappa shape index (κ3) is 8.13. The van der Waals surface area contributed by atoms with Gasteiger partial charge in [-0.1, -0.05) is 32.5 Å². The Morgan fingerprint density at radius 1 is 1.30 bits per heavy atom. The van der Waals surface area contributed by atoms with Crippen LogP contribution in [0.15, 0.2) is 0 Å². The second-order valence-corrected chi connectivity index (χ2v) is 9.21. The molecular formula is C8H16SSi. The van der Waals surface area contributed by atoms with E-state index < -0.39 is 8.07 Å². The van der Waals surface area contributed by atoms with Gasteiger partial charge in [0.05, 0.1) is 5.75 Å². The molecule has 0 rings (SSSR count). The molecule has 0 aromatic heterocycles. The van der Waals surface area contributed by atoms with E-state index in [0.717, 1.165) is 5.75 Å². The molecule has 0 aliphatic heterocycles. The smallest absolute Gasteiger partial charge is 0.129 e. The van der Waals surface area contributed by atoms with Gasteiger partial charge in [0.1, 0.15) is 8.07 Å². The van der Waals surface area contributed by atoms with Gasteiger partial charge in [-0.05, 0) is 5.75 Å². The van der Waals surface area contributed by atoms with Gasteiger partial charge < -0.3 is 0 Å². The Bertz CT molecular complexity index is 136. The van der Waals surface area contributed by atoms with Gasteiger partial charge in [-0.3, -0.25) is 0 Å². The minimum atomic E-state index is -1.08. The van der Waals surface area contributed by atoms with E-state index in [9.17, 15) is 0 Å². The van der Waals surface area contributed by atoms with Gasteiger partial charge in [-0.15, -0.1) is 17.3 Å². The molecule has 0 aromatic carbocycles. The van der Waals surface area contributed by atoms with E-state index in [-0.39, 0.29) is 0 Å². The summed E-state index contributed by atoms with van der Waals surface area (Å²) >= 11 is 1.90. The molecule has 0 bridgehead atoms. The van der Waals surface area contributed by atoms with Crippen molar-refractivity contribution in [3.8, 4) is 11.5 Å². The molecule has 0 unspecified atom stereocenters. The maximum Gasteiger partial charge on any atom is 0.129 e. The van der Waals surface area contributed by atoms with Crippen LogP contribution in [0, 0.1) is 11.5 Å². The summed E-state index contributed by atoms with van der Waals surface area (Å²) in [5.41, 5.74) is 3.32. The standard InChI is InChI=1S/C8H16SSi/c1-5-9-7-6-8-10(2,3)4/h5,7H2,1-4H3. The van der Waals surface area contributed by atoms with Crippen LogP contribution in [0.2, 0.25) is 19.6 Å². The fourth-order valence-electron chi connectivity index (χ4n) is 0.454. The van der Waals surface area contributed by atoms with Gasteiger partial charge in [-0.25, -0.2) is 0 Å². The molecule has 2 heteroatoms. The SMILES string of the molecule is CCSCC#C[Si](C)(C)C. The Balaban J connectivity index is 3.50. The molecule has 0 aliphatic carbocycles. The molecule has 0 aromatic rings. The molecule has 0 aliphatic rings. The molecule has 0 fully saturated rings. The zero-order chi connectivity index (χ0) is 8.04. The molecular weight excluding hydrogens is 156 g/mol. The lowest BCUT2D eigenvalue weighted by molar-refractivity contribution is 1.52. The first-order chi connectivity index (χ1) is 4.56. The van der Waals surface area contributed by atoms with Crippen LogP contribution < -0.4 is 0 Å². The van der Waals surface area contributed by atoms with E-state index in [2.05, 4.69) is 38.0 Å². The molecule has 0 heterocycles. The quantitative estimate of drug-likeness (QED) is 0.350. The van der Waals surface area contributed by atoms with Gasteiger partial charge in [0.15, 0.2) is 0 Å². The lowest BCUT2D eigenvalue weighted by atomic mass is 10.8. The van der Waals surface area contributed by atoms with Gasteiger partial charge >= 0.3 is 0 Å². The Labute approximate surface area is 69.8 Å². The van der Waals surface area contributed by atoms with Crippen molar-refractivity contribution in [2.45, 2.75) is 26.6 Å². The number of hydrogen-bond acceptors (Lipinski definition) is 1. The summed E-state index contributed by atoms with van der Waals surface area (Å²) in [6.07, 6.45) is 0. The number of thioether (sulfide) groups is 1. The van der Waals surface area contributed by atoms with Gasteiger partial charge in [0, 0.05) is 0 Å². The van der Waals surface area contributed by atoms with Crippen molar-refractivity contribution in [3.63, 3.8) is 0 Å². The second-order valence-electron chi connectivity index (χ2n) is 3.19. The highest BCUT2D eigenvalue weighted by atomic mass is 32.2. The molecule has 0 N–H and O–H groups in total. The fraction of sp³-hybridized carbons (Fsp3) is 0.750. The molecule has 0 spiro atoms. The Hall–Kier alpha value is 0.127. The molecule has 58 valence electrons. The summed E-state index contributed by atoms with van der Waals surface area (Å²) in [5, 5.41) is 0. The topological polar surface area (TPSA) is 0 Å². The summed E-state index contributed by atoms with van der Waals surface area (Å²) in [6, 6.07) is 0. The normalized spacial score (nSPS) is 10.4. The first kappa shape index (κ1) is 10.1. The van der Waals surface area contributed by atoms with E-state index in [0.29, 0.717) is 0 Å². The van der Waals surface area contributed by atoms with Crippen molar-refractivity contribution in [2.24, 2.45) is 0 Å². The second kappa shape index (κ2) is 4.87. The zero-order valence-corrected chi connectivity index (χ0v) is 9.14. The lowest BCUT2D eigenvalue weighted by Crippen LogP contribution is -2.16. The van der Waals surface area contributed by atoms with E-state index in [1.807, 2.05) is 11.8 Å². The maximum absolute atomic E-state index is 3.32. The van der Waals surface area contributed by atoms with Crippen LogP contribution in [0.3, 0.4) is 0 Å². The van der Waals surface area contributed by atoms with Crippen molar-refractivity contribution in [1.82, 2.24) is 0 Å². The molecule has 0 amide bonds. The summed E-state index contributed by atoms with van der Waals surface area (Å²) in [5.74, 6) is 5.40. The van der Waals surface area contributed by atoms with E-state index in [1.54, 1.807) is 0 Å². The summed E-state index contributed by atoms with van der Waals surface area (Å²) < 4.78 is 0. The monoisotopic (exact) mass is 172 g/mol. The predicted octanol–water partition coefficient (Wildman–Crippen LogP) is 2.62. The minimum absolute atomic E-state index is 1.01. The first-order valence-corrected chi connectivity index (χ1v) is 8.29. The zero-order valence-electron chi connectivity index (χ0n) is 7.32. The molecule has 0 radical (unpaired) electrons. The van der Waals surface area contributed by atoms with Crippen LogP contribution in [-0.2, 0) is 0 Å². The molecule has 0 nitrogen and oxygen atoms in total. The van der Waals surface area contributed by atoms with Crippen LogP contribution in [0.5, 0.6) is 0 Å².